The number of aromatic nitrogens is 1. The van der Waals surface area contributed by atoms with Crippen LogP contribution in [0.3, 0.4) is 0 Å². The zero-order valence-electron chi connectivity index (χ0n) is 10.9. The Bertz CT molecular complexity index is 477. The number of rotatable bonds is 4. The highest BCUT2D eigenvalue weighted by Crippen LogP contribution is 2.24. The van der Waals surface area contributed by atoms with Gasteiger partial charge in [0.2, 0.25) is 0 Å². The maximum absolute atomic E-state index is 12.4. The van der Waals surface area contributed by atoms with E-state index in [4.69, 9.17) is 15.5 Å². The molecular weight excluding hydrogens is 248 g/mol. The van der Waals surface area contributed by atoms with Crippen molar-refractivity contribution in [2.24, 2.45) is 10.9 Å². The molecule has 1 aliphatic carbocycles. The third kappa shape index (κ3) is 3.04. The van der Waals surface area contributed by atoms with Crippen LogP contribution in [-0.2, 0) is 0 Å². The summed E-state index contributed by atoms with van der Waals surface area (Å²) in [6, 6.07) is 1.71. The highest BCUT2D eigenvalue weighted by atomic mass is 16.5. The number of amides is 1. The first-order chi connectivity index (χ1) is 9.11. The fraction of sp³-hybridized carbons (Fsp3) is 0.583. The van der Waals surface area contributed by atoms with Gasteiger partial charge in [-0.2, -0.15) is 0 Å². The van der Waals surface area contributed by atoms with Crippen LogP contribution in [0.1, 0.15) is 41.9 Å². The molecular formula is C12H18N4O3. The molecule has 104 valence electrons. The molecule has 0 spiro atoms. The second-order valence-electron chi connectivity index (χ2n) is 4.79. The van der Waals surface area contributed by atoms with Crippen molar-refractivity contribution < 1.29 is 14.5 Å². The summed E-state index contributed by atoms with van der Waals surface area (Å²) in [6.07, 6.45) is 4.04. The van der Waals surface area contributed by atoms with Gasteiger partial charge in [-0.25, -0.2) is 0 Å². The molecule has 0 unspecified atom stereocenters. The Balaban J connectivity index is 2.18. The van der Waals surface area contributed by atoms with Crippen molar-refractivity contribution in [3.63, 3.8) is 0 Å². The maximum atomic E-state index is 12.4. The average molecular weight is 266 g/mol. The smallest absolute Gasteiger partial charge is 0.276 e. The molecule has 1 aliphatic rings. The number of nitrogens with two attached hydrogens (primary N) is 1. The molecule has 1 heterocycles. The lowest BCUT2D eigenvalue weighted by atomic mass is 10.2. The molecule has 2 rings (SSSR count). The van der Waals surface area contributed by atoms with Gasteiger partial charge < -0.3 is 20.4 Å². The first kappa shape index (κ1) is 13.4. The molecule has 1 aromatic heterocycles. The Kier molecular flexibility index (Phi) is 4.03. The molecule has 19 heavy (non-hydrogen) atoms. The molecule has 0 aliphatic heterocycles. The van der Waals surface area contributed by atoms with Crippen LogP contribution < -0.4 is 5.73 Å². The van der Waals surface area contributed by atoms with Crippen LogP contribution in [0.2, 0.25) is 0 Å². The topological polar surface area (TPSA) is 105 Å². The van der Waals surface area contributed by atoms with E-state index in [1.54, 1.807) is 17.9 Å². The van der Waals surface area contributed by atoms with Crippen LogP contribution in [0.15, 0.2) is 15.7 Å². The number of amidine groups is 1. The Morgan fingerprint density at radius 3 is 2.84 bits per heavy atom. The van der Waals surface area contributed by atoms with Crippen molar-refractivity contribution in [1.82, 2.24) is 10.1 Å². The van der Waals surface area contributed by atoms with Crippen LogP contribution in [0, 0.1) is 6.92 Å². The highest BCUT2D eigenvalue weighted by molar-refractivity contribution is 5.95. The quantitative estimate of drug-likeness (QED) is 0.367. The molecule has 0 bridgehead atoms. The summed E-state index contributed by atoms with van der Waals surface area (Å²) in [5, 5.41) is 15.3. The number of oxime groups is 1. The van der Waals surface area contributed by atoms with Gasteiger partial charge in [0.1, 0.15) is 5.76 Å². The molecule has 0 radical (unpaired) electrons. The number of carbonyl (C=O) groups is 1. The molecule has 0 saturated heterocycles. The maximum Gasteiger partial charge on any atom is 0.276 e. The fourth-order valence-electron chi connectivity index (χ4n) is 2.40. The van der Waals surface area contributed by atoms with E-state index in [0.717, 1.165) is 25.7 Å². The van der Waals surface area contributed by atoms with E-state index in [1.807, 2.05) is 0 Å². The number of aryl methyl sites for hydroxylation is 1. The van der Waals surface area contributed by atoms with Crippen LogP contribution in [0.5, 0.6) is 0 Å². The Labute approximate surface area is 111 Å². The van der Waals surface area contributed by atoms with Gasteiger partial charge in [0.05, 0.1) is 6.54 Å². The summed E-state index contributed by atoms with van der Waals surface area (Å²) in [5.74, 6) is 0.356. The third-order valence-corrected chi connectivity index (χ3v) is 3.33. The van der Waals surface area contributed by atoms with Gasteiger partial charge in [0.15, 0.2) is 11.5 Å². The lowest BCUT2D eigenvalue weighted by Crippen LogP contribution is -2.44. The van der Waals surface area contributed by atoms with Crippen molar-refractivity contribution in [3.8, 4) is 0 Å². The number of nitrogens with zero attached hydrogens (tertiary/aromatic N) is 3. The molecule has 7 heteroatoms. The van der Waals surface area contributed by atoms with Gasteiger partial charge >= 0.3 is 0 Å². The van der Waals surface area contributed by atoms with E-state index in [2.05, 4.69) is 10.3 Å². The zero-order valence-corrected chi connectivity index (χ0v) is 10.9. The van der Waals surface area contributed by atoms with E-state index in [1.165, 1.54) is 0 Å². The van der Waals surface area contributed by atoms with Crippen LogP contribution in [-0.4, -0.2) is 39.6 Å². The minimum atomic E-state index is -0.240. The van der Waals surface area contributed by atoms with Gasteiger partial charge in [-0.3, -0.25) is 4.79 Å². The van der Waals surface area contributed by atoms with Crippen molar-refractivity contribution in [2.45, 2.75) is 38.6 Å². The molecule has 3 N–H and O–H groups in total. The molecule has 1 amide bonds. The van der Waals surface area contributed by atoms with E-state index < -0.39 is 0 Å². The summed E-state index contributed by atoms with van der Waals surface area (Å²) in [6.45, 7) is 1.83. The first-order valence-corrected chi connectivity index (χ1v) is 6.32. The summed E-state index contributed by atoms with van der Waals surface area (Å²) >= 11 is 0. The molecule has 7 nitrogen and oxygen atoms in total. The van der Waals surface area contributed by atoms with Crippen molar-refractivity contribution in [2.75, 3.05) is 6.54 Å². The predicted octanol–water partition coefficient (Wildman–Crippen LogP) is 1.11. The van der Waals surface area contributed by atoms with Crippen molar-refractivity contribution in [3.05, 3.63) is 17.5 Å². The molecule has 1 fully saturated rings. The minimum Gasteiger partial charge on any atom is -0.409 e. The molecule has 1 saturated carbocycles. The Hall–Kier alpha value is -2.05. The van der Waals surface area contributed by atoms with Gasteiger partial charge in [0, 0.05) is 12.1 Å². The van der Waals surface area contributed by atoms with Crippen LogP contribution in [0.4, 0.5) is 0 Å². The predicted molar refractivity (Wildman–Crippen MR) is 67.9 cm³/mol. The van der Waals surface area contributed by atoms with E-state index in [9.17, 15) is 4.79 Å². The summed E-state index contributed by atoms with van der Waals surface area (Å²) in [7, 11) is 0. The monoisotopic (exact) mass is 266 g/mol. The lowest BCUT2D eigenvalue weighted by molar-refractivity contribution is 0.0701. The Morgan fingerprint density at radius 2 is 2.32 bits per heavy atom. The second kappa shape index (κ2) is 5.73. The average Bonchev–Trinajstić information content (AvgIpc) is 3.05. The van der Waals surface area contributed by atoms with Gasteiger partial charge in [0.25, 0.3) is 5.91 Å². The SMILES string of the molecule is Cc1cc(C(=O)N(CC(N)=NO)C2CCCC2)no1. The van der Waals surface area contributed by atoms with Crippen LogP contribution in [0.25, 0.3) is 0 Å². The summed E-state index contributed by atoms with van der Waals surface area (Å²) in [5.41, 5.74) is 5.78. The standard InChI is InChI=1S/C12H18N4O3/c1-8-6-10(15-19-8)12(17)16(7-11(13)14-18)9-4-2-3-5-9/h6,9,18H,2-5,7H2,1H3,(H2,13,14). The molecule has 0 atom stereocenters. The normalized spacial score (nSPS) is 16.8. The summed E-state index contributed by atoms with van der Waals surface area (Å²) < 4.78 is 4.92. The molecule has 1 aromatic rings. The highest BCUT2D eigenvalue weighted by Gasteiger charge is 2.29. The zero-order chi connectivity index (χ0) is 13.8. The van der Waals surface area contributed by atoms with Gasteiger partial charge in [-0.1, -0.05) is 23.2 Å². The fourth-order valence-corrected chi connectivity index (χ4v) is 2.40. The van der Waals surface area contributed by atoms with Crippen molar-refractivity contribution >= 4 is 11.7 Å². The molecule has 0 aromatic carbocycles. The minimum absolute atomic E-state index is 0.0143. The number of carbonyl (C=O) groups excluding carboxylic acids is 1. The van der Waals surface area contributed by atoms with E-state index >= 15 is 0 Å². The number of hydrogen-bond acceptors (Lipinski definition) is 5. The Morgan fingerprint density at radius 1 is 1.63 bits per heavy atom. The van der Waals surface area contributed by atoms with E-state index in [-0.39, 0.29) is 30.0 Å². The first-order valence-electron chi connectivity index (χ1n) is 6.32. The number of hydrogen-bond donors (Lipinski definition) is 2. The lowest BCUT2D eigenvalue weighted by Gasteiger charge is -2.27. The van der Waals surface area contributed by atoms with Crippen LogP contribution >= 0.6 is 0 Å². The van der Waals surface area contributed by atoms with Gasteiger partial charge in [-0.15, -0.1) is 0 Å². The van der Waals surface area contributed by atoms with Gasteiger partial charge in [-0.05, 0) is 19.8 Å². The summed E-state index contributed by atoms with van der Waals surface area (Å²) in [4.78, 5) is 14.0. The largest absolute Gasteiger partial charge is 0.409 e. The second-order valence-corrected chi connectivity index (χ2v) is 4.79. The van der Waals surface area contributed by atoms with E-state index in [0.29, 0.717) is 5.76 Å². The van der Waals surface area contributed by atoms with Crippen molar-refractivity contribution in [1.29, 1.82) is 0 Å². The third-order valence-electron chi connectivity index (χ3n) is 3.33.